The molecule has 0 radical (unpaired) electrons. The van der Waals surface area contributed by atoms with Crippen molar-refractivity contribution >= 4 is 17.5 Å². The van der Waals surface area contributed by atoms with Gasteiger partial charge in [0.25, 0.3) is 0 Å². The van der Waals surface area contributed by atoms with Crippen molar-refractivity contribution in [2.24, 2.45) is 0 Å². The molecule has 2 unspecified atom stereocenters. The minimum absolute atomic E-state index is 0.0756. The van der Waals surface area contributed by atoms with Crippen LogP contribution in [0.4, 0.5) is 0 Å². The highest BCUT2D eigenvalue weighted by Crippen LogP contribution is 2.53. The first-order valence-electron chi connectivity index (χ1n) is 8.04. The van der Waals surface area contributed by atoms with Gasteiger partial charge in [-0.05, 0) is 44.8 Å². The SMILES string of the molecule is C/C1=C/CCCC2OC23CC(=O)O[C@@H]3C2=C(C1)C(=O)C=CC2=O. The van der Waals surface area contributed by atoms with E-state index in [0.29, 0.717) is 17.6 Å². The average Bonchev–Trinajstić information content (AvgIpc) is 3.08. The molecule has 120 valence electrons. The maximum atomic E-state index is 12.5. The van der Waals surface area contributed by atoms with Crippen LogP contribution in [0.1, 0.15) is 39.0 Å². The molecule has 4 rings (SSSR count). The summed E-state index contributed by atoms with van der Waals surface area (Å²) < 4.78 is 11.3. The number of ether oxygens (including phenoxy) is 2. The summed E-state index contributed by atoms with van der Waals surface area (Å²) in [7, 11) is 0. The molecule has 0 saturated carbocycles. The molecule has 0 bridgehead atoms. The van der Waals surface area contributed by atoms with Crippen LogP contribution < -0.4 is 0 Å². The third-order valence-electron chi connectivity index (χ3n) is 5.12. The third-order valence-corrected chi connectivity index (χ3v) is 5.12. The van der Waals surface area contributed by atoms with E-state index in [1.807, 2.05) is 6.92 Å². The molecule has 0 N–H and O–H groups in total. The second kappa shape index (κ2) is 4.99. The van der Waals surface area contributed by atoms with Gasteiger partial charge in [-0.15, -0.1) is 0 Å². The zero-order valence-corrected chi connectivity index (χ0v) is 13.0. The largest absolute Gasteiger partial charge is 0.454 e. The first-order valence-corrected chi connectivity index (χ1v) is 8.04. The third kappa shape index (κ3) is 2.22. The topological polar surface area (TPSA) is 73.0 Å². The Morgan fingerprint density at radius 2 is 1.96 bits per heavy atom. The van der Waals surface area contributed by atoms with Gasteiger partial charge in [-0.1, -0.05) is 11.6 Å². The lowest BCUT2D eigenvalue weighted by molar-refractivity contribution is -0.140. The van der Waals surface area contributed by atoms with Gasteiger partial charge in [0.15, 0.2) is 17.7 Å². The van der Waals surface area contributed by atoms with Crippen molar-refractivity contribution in [1.29, 1.82) is 0 Å². The summed E-state index contributed by atoms with van der Waals surface area (Å²) in [5, 5.41) is 0. The van der Waals surface area contributed by atoms with Crippen molar-refractivity contribution < 1.29 is 23.9 Å². The Hall–Kier alpha value is -2.01. The number of ketones is 2. The molecule has 2 heterocycles. The first-order chi connectivity index (χ1) is 11.0. The molecule has 4 aliphatic rings. The highest BCUT2D eigenvalue weighted by molar-refractivity contribution is 6.21. The Balaban J connectivity index is 1.84. The number of esters is 1. The number of hydrogen-bond donors (Lipinski definition) is 0. The minimum atomic E-state index is -0.748. The Bertz CT molecular complexity index is 711. The van der Waals surface area contributed by atoms with Gasteiger partial charge in [-0.2, -0.15) is 0 Å². The van der Waals surface area contributed by atoms with Gasteiger partial charge in [0.1, 0.15) is 5.60 Å². The van der Waals surface area contributed by atoms with Crippen LogP contribution in [-0.4, -0.2) is 35.3 Å². The molecule has 5 nitrogen and oxygen atoms in total. The van der Waals surface area contributed by atoms with Gasteiger partial charge in [0, 0.05) is 5.57 Å². The Kier molecular flexibility index (Phi) is 3.17. The zero-order chi connectivity index (χ0) is 16.2. The minimum Gasteiger partial charge on any atom is -0.454 e. The van der Waals surface area contributed by atoms with E-state index in [1.54, 1.807) is 0 Å². The van der Waals surface area contributed by atoms with Gasteiger partial charge >= 0.3 is 5.97 Å². The lowest BCUT2D eigenvalue weighted by atomic mass is 9.81. The van der Waals surface area contributed by atoms with Crippen molar-refractivity contribution in [3.63, 3.8) is 0 Å². The molecule has 2 aliphatic carbocycles. The van der Waals surface area contributed by atoms with Crippen LogP contribution in [0.25, 0.3) is 0 Å². The van der Waals surface area contributed by atoms with E-state index in [4.69, 9.17) is 9.47 Å². The summed E-state index contributed by atoms with van der Waals surface area (Å²) in [5.41, 5.74) is 1.09. The molecule has 3 atom stereocenters. The Morgan fingerprint density at radius 1 is 1.17 bits per heavy atom. The van der Waals surface area contributed by atoms with E-state index in [0.717, 1.165) is 24.8 Å². The van der Waals surface area contributed by atoms with Crippen LogP contribution in [0, 0.1) is 0 Å². The van der Waals surface area contributed by atoms with E-state index in [2.05, 4.69) is 6.08 Å². The fourth-order valence-electron chi connectivity index (χ4n) is 3.91. The summed E-state index contributed by atoms with van der Waals surface area (Å²) >= 11 is 0. The highest BCUT2D eigenvalue weighted by atomic mass is 16.7. The van der Waals surface area contributed by atoms with E-state index in [1.165, 1.54) is 12.2 Å². The lowest BCUT2D eigenvalue weighted by Gasteiger charge is -2.22. The quantitative estimate of drug-likeness (QED) is 0.296. The maximum absolute atomic E-state index is 12.5. The molecule has 0 aromatic heterocycles. The van der Waals surface area contributed by atoms with Gasteiger partial charge in [-0.25, -0.2) is 0 Å². The van der Waals surface area contributed by atoms with Gasteiger partial charge in [0.2, 0.25) is 0 Å². The number of fused-ring (bicyclic) bond motifs is 1. The highest BCUT2D eigenvalue weighted by Gasteiger charge is 2.69. The molecular formula is C18H18O5. The molecule has 2 aliphatic heterocycles. The molecule has 0 amide bonds. The summed E-state index contributed by atoms with van der Waals surface area (Å²) in [6, 6.07) is 0. The average molecular weight is 314 g/mol. The van der Waals surface area contributed by atoms with E-state index in [-0.39, 0.29) is 30.1 Å². The van der Waals surface area contributed by atoms with Crippen molar-refractivity contribution in [1.82, 2.24) is 0 Å². The second-order valence-electron chi connectivity index (χ2n) is 6.72. The van der Waals surface area contributed by atoms with Crippen LogP contribution in [-0.2, 0) is 23.9 Å². The molecule has 1 spiro atoms. The van der Waals surface area contributed by atoms with E-state index in [9.17, 15) is 14.4 Å². The van der Waals surface area contributed by atoms with Gasteiger partial charge in [-0.3, -0.25) is 14.4 Å². The van der Waals surface area contributed by atoms with Crippen molar-refractivity contribution in [2.75, 3.05) is 0 Å². The van der Waals surface area contributed by atoms with Crippen LogP contribution in [0.15, 0.2) is 34.9 Å². The predicted octanol–water partition coefficient (Wildman–Crippen LogP) is 1.96. The number of epoxide rings is 1. The number of rotatable bonds is 0. The molecule has 0 aromatic rings. The number of hydrogen-bond acceptors (Lipinski definition) is 5. The molecule has 23 heavy (non-hydrogen) atoms. The van der Waals surface area contributed by atoms with E-state index < -0.39 is 11.7 Å². The smallest absolute Gasteiger partial charge is 0.309 e. The van der Waals surface area contributed by atoms with Crippen LogP contribution >= 0.6 is 0 Å². The predicted molar refractivity (Wildman–Crippen MR) is 80.5 cm³/mol. The fourth-order valence-corrected chi connectivity index (χ4v) is 3.91. The monoisotopic (exact) mass is 314 g/mol. The molecule has 5 heteroatoms. The van der Waals surface area contributed by atoms with Crippen LogP contribution in [0.5, 0.6) is 0 Å². The van der Waals surface area contributed by atoms with Gasteiger partial charge in [0.05, 0.1) is 18.1 Å². The Labute approximate surface area is 134 Å². The van der Waals surface area contributed by atoms with Crippen LogP contribution in [0.2, 0.25) is 0 Å². The lowest BCUT2D eigenvalue weighted by Crippen LogP contribution is -2.35. The summed E-state index contributed by atoms with van der Waals surface area (Å²) in [4.78, 5) is 36.7. The zero-order valence-electron chi connectivity index (χ0n) is 13.0. The van der Waals surface area contributed by atoms with Gasteiger partial charge < -0.3 is 9.47 Å². The Morgan fingerprint density at radius 3 is 2.78 bits per heavy atom. The number of carbonyl (C=O) groups is 3. The normalized spacial score (nSPS) is 38.8. The summed E-state index contributed by atoms with van der Waals surface area (Å²) in [6.07, 6.45) is 7.14. The van der Waals surface area contributed by atoms with E-state index >= 15 is 0 Å². The fraction of sp³-hybridized carbons (Fsp3) is 0.500. The van der Waals surface area contributed by atoms with Crippen molar-refractivity contribution in [3.05, 3.63) is 34.9 Å². The second-order valence-corrected chi connectivity index (χ2v) is 6.72. The number of carbonyl (C=O) groups excluding carboxylic acids is 3. The first kappa shape index (κ1) is 14.6. The molecule has 0 aromatic carbocycles. The molecule has 2 fully saturated rings. The standard InChI is InChI=1S/C18H18O5/c1-10-4-2-3-5-14-18(23-14)9-15(21)22-17(18)16-11(8-10)12(19)6-7-13(16)20/h4,6-7,14,17H,2-3,5,8-9H2,1H3/b10-4-/t14?,17-,18?/m1/s1. The van der Waals surface area contributed by atoms with Crippen molar-refractivity contribution in [3.8, 4) is 0 Å². The number of allylic oxidation sites excluding steroid dienone is 5. The van der Waals surface area contributed by atoms with Crippen LogP contribution in [0.3, 0.4) is 0 Å². The summed E-state index contributed by atoms with van der Waals surface area (Å²) in [5.74, 6) is -0.787. The molecule has 2 saturated heterocycles. The molecular weight excluding hydrogens is 296 g/mol. The summed E-state index contributed by atoms with van der Waals surface area (Å²) in [6.45, 7) is 1.96. The maximum Gasteiger partial charge on any atom is 0.309 e. The van der Waals surface area contributed by atoms with Crippen molar-refractivity contribution in [2.45, 2.75) is 56.8 Å².